The SMILES string of the molecule is C=C(C)N1C[C@H](C)N(C(c2ccsc2)c2cccc(O)c2)C[C@H]1C. The van der Waals surface area contributed by atoms with Gasteiger partial charge in [-0.2, -0.15) is 11.3 Å². The van der Waals surface area contributed by atoms with Crippen LogP contribution in [0.2, 0.25) is 0 Å². The molecule has 0 radical (unpaired) electrons. The zero-order valence-corrected chi connectivity index (χ0v) is 15.5. The van der Waals surface area contributed by atoms with Crippen LogP contribution in [-0.4, -0.2) is 40.1 Å². The van der Waals surface area contributed by atoms with Crippen molar-refractivity contribution in [2.45, 2.75) is 38.9 Å². The van der Waals surface area contributed by atoms with Gasteiger partial charge >= 0.3 is 0 Å². The molecule has 1 N–H and O–H groups in total. The van der Waals surface area contributed by atoms with Gasteiger partial charge in [-0.15, -0.1) is 0 Å². The molecule has 1 aromatic heterocycles. The summed E-state index contributed by atoms with van der Waals surface area (Å²) in [5.41, 5.74) is 3.59. The van der Waals surface area contributed by atoms with Crippen LogP contribution in [0.1, 0.15) is 37.9 Å². The van der Waals surface area contributed by atoms with Crippen LogP contribution >= 0.6 is 11.3 Å². The van der Waals surface area contributed by atoms with Gasteiger partial charge < -0.3 is 10.0 Å². The average molecular weight is 343 g/mol. The maximum atomic E-state index is 9.95. The second kappa shape index (κ2) is 6.99. The summed E-state index contributed by atoms with van der Waals surface area (Å²) in [6, 6.07) is 10.9. The number of benzene rings is 1. The van der Waals surface area contributed by atoms with Crippen molar-refractivity contribution in [2.75, 3.05) is 13.1 Å². The molecule has 0 amide bonds. The lowest BCUT2D eigenvalue weighted by molar-refractivity contribution is 0.0436. The van der Waals surface area contributed by atoms with E-state index in [9.17, 15) is 5.11 Å². The van der Waals surface area contributed by atoms with E-state index in [-0.39, 0.29) is 6.04 Å². The molecule has 1 fully saturated rings. The first kappa shape index (κ1) is 17.1. The van der Waals surface area contributed by atoms with Crippen LogP contribution in [0, 0.1) is 0 Å². The standard InChI is InChI=1S/C20H26N2OS/c1-14(2)21-11-16(4)22(12-15(21)3)20(18-8-9-24-13-18)17-6-5-7-19(23)10-17/h5-10,13,15-16,20,23H,1,11-12H2,2-4H3/t15-,16+,20?/m1/s1. The number of thiophene rings is 1. The third-order valence-electron chi connectivity index (χ3n) is 4.90. The lowest BCUT2D eigenvalue weighted by Crippen LogP contribution is -2.56. The first-order valence-electron chi connectivity index (χ1n) is 8.46. The van der Waals surface area contributed by atoms with Gasteiger partial charge in [0, 0.05) is 30.9 Å². The molecule has 1 saturated heterocycles. The van der Waals surface area contributed by atoms with Crippen molar-refractivity contribution in [2.24, 2.45) is 0 Å². The molecule has 1 aromatic carbocycles. The van der Waals surface area contributed by atoms with Crippen LogP contribution in [0.5, 0.6) is 5.75 Å². The summed E-state index contributed by atoms with van der Waals surface area (Å²) in [6.07, 6.45) is 0. The zero-order valence-electron chi connectivity index (χ0n) is 14.6. The molecule has 3 rings (SSSR count). The predicted octanol–water partition coefficient (Wildman–Crippen LogP) is 4.47. The van der Waals surface area contributed by atoms with Crippen molar-refractivity contribution < 1.29 is 5.11 Å². The van der Waals surface area contributed by atoms with Gasteiger partial charge in [-0.1, -0.05) is 18.7 Å². The van der Waals surface area contributed by atoms with Gasteiger partial charge in [0.25, 0.3) is 0 Å². The molecular weight excluding hydrogens is 316 g/mol. The fourth-order valence-electron chi connectivity index (χ4n) is 3.75. The number of aromatic hydroxyl groups is 1. The summed E-state index contributed by atoms with van der Waals surface area (Å²) in [7, 11) is 0. The van der Waals surface area contributed by atoms with Crippen LogP contribution in [0.3, 0.4) is 0 Å². The van der Waals surface area contributed by atoms with Crippen LogP contribution in [-0.2, 0) is 0 Å². The van der Waals surface area contributed by atoms with Crippen LogP contribution in [0.15, 0.2) is 53.4 Å². The number of hydrogen-bond acceptors (Lipinski definition) is 4. The van der Waals surface area contributed by atoms with Gasteiger partial charge in [0.15, 0.2) is 0 Å². The summed E-state index contributed by atoms with van der Waals surface area (Å²) >= 11 is 1.72. The second-order valence-electron chi connectivity index (χ2n) is 6.84. The van der Waals surface area contributed by atoms with Gasteiger partial charge in [-0.25, -0.2) is 0 Å². The van der Waals surface area contributed by atoms with Crippen LogP contribution < -0.4 is 0 Å². The highest BCUT2D eigenvalue weighted by molar-refractivity contribution is 7.08. The van der Waals surface area contributed by atoms with Crippen LogP contribution in [0.4, 0.5) is 0 Å². The quantitative estimate of drug-likeness (QED) is 0.888. The van der Waals surface area contributed by atoms with E-state index in [1.807, 2.05) is 12.1 Å². The molecule has 0 spiro atoms. The summed E-state index contributed by atoms with van der Waals surface area (Å²) in [6.45, 7) is 12.7. The lowest BCUT2D eigenvalue weighted by Gasteiger charge is -2.48. The highest BCUT2D eigenvalue weighted by Gasteiger charge is 2.34. The Morgan fingerprint density at radius 2 is 2.00 bits per heavy atom. The molecule has 1 aliphatic rings. The molecule has 128 valence electrons. The molecule has 2 heterocycles. The predicted molar refractivity (Wildman–Crippen MR) is 101 cm³/mol. The summed E-state index contributed by atoms with van der Waals surface area (Å²) in [5, 5.41) is 14.3. The average Bonchev–Trinajstić information content (AvgIpc) is 3.04. The first-order chi connectivity index (χ1) is 11.5. The van der Waals surface area contributed by atoms with E-state index in [0.717, 1.165) is 24.4 Å². The smallest absolute Gasteiger partial charge is 0.115 e. The fourth-order valence-corrected chi connectivity index (χ4v) is 4.42. The Morgan fingerprint density at radius 1 is 1.21 bits per heavy atom. The monoisotopic (exact) mass is 342 g/mol. The minimum atomic E-state index is 0.174. The first-order valence-corrected chi connectivity index (χ1v) is 9.40. The number of allylic oxidation sites excluding steroid dienone is 1. The summed E-state index contributed by atoms with van der Waals surface area (Å²) in [4.78, 5) is 4.95. The van der Waals surface area contributed by atoms with Crippen molar-refractivity contribution in [1.29, 1.82) is 0 Å². The van der Waals surface area contributed by atoms with Gasteiger partial charge in [0.1, 0.15) is 5.75 Å². The molecule has 1 unspecified atom stereocenters. The molecule has 3 nitrogen and oxygen atoms in total. The normalized spacial score (nSPS) is 23.2. The molecule has 1 aliphatic heterocycles. The largest absolute Gasteiger partial charge is 0.508 e. The molecular formula is C20H26N2OS. The van der Waals surface area contributed by atoms with Gasteiger partial charge in [-0.05, 0) is 60.9 Å². The fraction of sp³-hybridized carbons (Fsp3) is 0.400. The maximum absolute atomic E-state index is 9.95. The van der Waals surface area contributed by atoms with Gasteiger partial charge in [0.2, 0.25) is 0 Å². The van der Waals surface area contributed by atoms with E-state index in [4.69, 9.17) is 0 Å². The maximum Gasteiger partial charge on any atom is 0.115 e. The third-order valence-corrected chi connectivity index (χ3v) is 5.60. The minimum absolute atomic E-state index is 0.174. The van der Waals surface area contributed by atoms with E-state index in [0.29, 0.717) is 17.8 Å². The van der Waals surface area contributed by atoms with Crippen molar-refractivity contribution in [1.82, 2.24) is 9.80 Å². The van der Waals surface area contributed by atoms with Gasteiger partial charge in [-0.3, -0.25) is 4.90 Å². The lowest BCUT2D eigenvalue weighted by atomic mass is 9.95. The third kappa shape index (κ3) is 3.35. The van der Waals surface area contributed by atoms with Crippen molar-refractivity contribution in [3.05, 3.63) is 64.5 Å². The number of hydrogen-bond donors (Lipinski definition) is 1. The topological polar surface area (TPSA) is 26.7 Å². The molecule has 2 aromatic rings. The van der Waals surface area contributed by atoms with E-state index >= 15 is 0 Å². The van der Waals surface area contributed by atoms with E-state index in [1.54, 1.807) is 17.4 Å². The molecule has 3 atom stereocenters. The zero-order chi connectivity index (χ0) is 17.3. The van der Waals surface area contributed by atoms with Crippen molar-refractivity contribution >= 4 is 11.3 Å². The van der Waals surface area contributed by atoms with E-state index in [2.05, 4.69) is 60.0 Å². The molecule has 0 bridgehead atoms. The number of phenols is 1. The van der Waals surface area contributed by atoms with Crippen LogP contribution in [0.25, 0.3) is 0 Å². The Balaban J connectivity index is 1.96. The Labute approximate surface area is 148 Å². The number of nitrogens with zero attached hydrogens (tertiary/aromatic N) is 2. The highest BCUT2D eigenvalue weighted by Crippen LogP contribution is 2.35. The Hall–Kier alpha value is -1.78. The molecule has 4 heteroatoms. The molecule has 24 heavy (non-hydrogen) atoms. The minimum Gasteiger partial charge on any atom is -0.508 e. The Bertz CT molecular complexity index is 697. The van der Waals surface area contributed by atoms with Crippen molar-refractivity contribution in [3.8, 4) is 5.75 Å². The Kier molecular flexibility index (Phi) is 4.97. The molecule has 0 aliphatic carbocycles. The van der Waals surface area contributed by atoms with Crippen molar-refractivity contribution in [3.63, 3.8) is 0 Å². The Morgan fingerprint density at radius 3 is 2.62 bits per heavy atom. The highest BCUT2D eigenvalue weighted by atomic mass is 32.1. The number of rotatable bonds is 4. The van der Waals surface area contributed by atoms with E-state index < -0.39 is 0 Å². The number of piperazine rings is 1. The van der Waals surface area contributed by atoms with Gasteiger partial charge in [0.05, 0.1) is 6.04 Å². The summed E-state index contributed by atoms with van der Waals surface area (Å²) in [5.74, 6) is 0.328. The molecule has 0 saturated carbocycles. The summed E-state index contributed by atoms with van der Waals surface area (Å²) < 4.78 is 0. The number of phenolic OH excluding ortho intramolecular Hbond substituents is 1. The second-order valence-corrected chi connectivity index (χ2v) is 7.62. The van der Waals surface area contributed by atoms with E-state index in [1.165, 1.54) is 5.56 Å².